The first kappa shape index (κ1) is 13.6. The topological polar surface area (TPSA) is 86.6 Å². The van der Waals surface area contributed by atoms with E-state index in [1.165, 1.54) is 12.1 Å². The molecule has 2 aromatic rings. The van der Waals surface area contributed by atoms with Gasteiger partial charge in [0.15, 0.2) is 0 Å². The number of hydrogen-bond donors (Lipinski definition) is 3. The summed E-state index contributed by atoms with van der Waals surface area (Å²) in [7, 11) is 0. The number of nitrogens with one attached hydrogen (secondary N) is 1. The molecule has 0 radical (unpaired) electrons. The van der Waals surface area contributed by atoms with E-state index in [0.717, 1.165) is 0 Å². The van der Waals surface area contributed by atoms with Crippen LogP contribution >= 0.6 is 0 Å². The largest absolute Gasteiger partial charge is 0.507 e. The highest BCUT2D eigenvalue weighted by atomic mass is 16.4. The van der Waals surface area contributed by atoms with Crippen LogP contribution in [0.1, 0.15) is 26.3 Å². The summed E-state index contributed by atoms with van der Waals surface area (Å²) in [4.78, 5) is 23.0. The van der Waals surface area contributed by atoms with Gasteiger partial charge in [0.1, 0.15) is 11.3 Å². The van der Waals surface area contributed by atoms with E-state index in [9.17, 15) is 14.7 Å². The Labute approximate surface area is 115 Å². The number of rotatable bonds is 3. The number of benzene rings is 2. The normalized spacial score (nSPS) is 10.1. The Morgan fingerprint density at radius 1 is 1.10 bits per heavy atom. The molecule has 3 N–H and O–H groups in total. The molecule has 0 atom stereocenters. The smallest absolute Gasteiger partial charge is 0.339 e. The highest BCUT2D eigenvalue weighted by molar-refractivity contribution is 6.05. The maximum Gasteiger partial charge on any atom is 0.339 e. The average Bonchev–Trinajstić information content (AvgIpc) is 2.43. The minimum atomic E-state index is -1.25. The SMILES string of the molecule is Cc1cc(NC(=O)c2ccccc2)cc(C(=O)O)c1O. The third-order valence-electron chi connectivity index (χ3n) is 2.82. The van der Waals surface area contributed by atoms with E-state index < -0.39 is 5.97 Å². The Hall–Kier alpha value is -2.82. The molecule has 0 bridgehead atoms. The van der Waals surface area contributed by atoms with Crippen LogP contribution in [0.3, 0.4) is 0 Å². The van der Waals surface area contributed by atoms with Gasteiger partial charge in [0.2, 0.25) is 0 Å². The molecule has 2 aromatic carbocycles. The average molecular weight is 271 g/mol. The Kier molecular flexibility index (Phi) is 3.70. The van der Waals surface area contributed by atoms with Crippen LogP contribution in [-0.2, 0) is 0 Å². The minimum absolute atomic E-state index is 0.242. The second-order valence-electron chi connectivity index (χ2n) is 4.31. The first-order valence-electron chi connectivity index (χ1n) is 5.92. The summed E-state index contributed by atoms with van der Waals surface area (Å²) < 4.78 is 0. The standard InChI is InChI=1S/C15H13NO4/c1-9-7-11(8-12(13(9)17)15(19)20)16-14(18)10-5-3-2-4-6-10/h2-8,17H,1H3,(H,16,18)(H,19,20). The quantitative estimate of drug-likeness (QED) is 0.749. The van der Waals surface area contributed by atoms with Gasteiger partial charge in [-0.1, -0.05) is 18.2 Å². The molecule has 1 amide bonds. The van der Waals surface area contributed by atoms with E-state index >= 15 is 0 Å². The molecular formula is C15H13NO4. The lowest BCUT2D eigenvalue weighted by atomic mass is 10.1. The first-order chi connectivity index (χ1) is 9.49. The third-order valence-corrected chi connectivity index (χ3v) is 2.82. The monoisotopic (exact) mass is 271 g/mol. The second-order valence-corrected chi connectivity index (χ2v) is 4.31. The molecule has 102 valence electrons. The summed E-state index contributed by atoms with van der Waals surface area (Å²) in [6.45, 7) is 1.57. The van der Waals surface area contributed by atoms with Crippen molar-refractivity contribution in [3.63, 3.8) is 0 Å². The Balaban J connectivity index is 2.31. The molecule has 0 spiro atoms. The predicted molar refractivity (Wildman–Crippen MR) is 74.2 cm³/mol. The maximum absolute atomic E-state index is 12.0. The molecule has 2 rings (SSSR count). The van der Waals surface area contributed by atoms with Gasteiger partial charge in [0.05, 0.1) is 0 Å². The number of aryl methyl sites for hydroxylation is 1. The highest BCUT2D eigenvalue weighted by Gasteiger charge is 2.14. The maximum atomic E-state index is 12.0. The summed E-state index contributed by atoms with van der Waals surface area (Å²) in [5.41, 5.74) is 0.934. The number of anilines is 1. The Bertz CT molecular complexity index is 665. The summed E-state index contributed by atoms with van der Waals surface area (Å²) in [6, 6.07) is 11.3. The van der Waals surface area contributed by atoms with Gasteiger partial charge < -0.3 is 15.5 Å². The van der Waals surface area contributed by atoms with Gasteiger partial charge in [-0.05, 0) is 36.8 Å². The molecular weight excluding hydrogens is 258 g/mol. The van der Waals surface area contributed by atoms with Crippen molar-refractivity contribution in [3.8, 4) is 5.75 Å². The molecule has 0 aromatic heterocycles. The van der Waals surface area contributed by atoms with Crippen molar-refractivity contribution in [2.45, 2.75) is 6.92 Å². The summed E-state index contributed by atoms with van der Waals surface area (Å²) in [5, 5.41) is 21.3. The molecule has 0 saturated carbocycles. The van der Waals surface area contributed by atoms with Crippen molar-refractivity contribution in [2.24, 2.45) is 0 Å². The second kappa shape index (κ2) is 5.44. The van der Waals surface area contributed by atoms with Crippen LogP contribution in [0.2, 0.25) is 0 Å². The molecule has 0 heterocycles. The van der Waals surface area contributed by atoms with Gasteiger partial charge in [0, 0.05) is 11.3 Å². The van der Waals surface area contributed by atoms with Crippen molar-refractivity contribution in [2.75, 3.05) is 5.32 Å². The molecule has 0 aliphatic rings. The van der Waals surface area contributed by atoms with E-state index in [4.69, 9.17) is 5.11 Å². The molecule has 5 nitrogen and oxygen atoms in total. The molecule has 0 fully saturated rings. The van der Waals surface area contributed by atoms with Crippen LogP contribution in [0, 0.1) is 6.92 Å². The number of phenols is 1. The third kappa shape index (κ3) is 2.77. The number of amides is 1. The van der Waals surface area contributed by atoms with Crippen molar-refractivity contribution in [3.05, 3.63) is 59.2 Å². The zero-order chi connectivity index (χ0) is 14.7. The zero-order valence-corrected chi connectivity index (χ0v) is 10.8. The fourth-order valence-electron chi connectivity index (χ4n) is 1.81. The highest BCUT2D eigenvalue weighted by Crippen LogP contribution is 2.26. The lowest BCUT2D eigenvalue weighted by molar-refractivity contribution is 0.0693. The van der Waals surface area contributed by atoms with Gasteiger partial charge in [0.25, 0.3) is 5.91 Å². The summed E-state index contributed by atoms with van der Waals surface area (Å²) in [6.07, 6.45) is 0. The number of carboxylic acid groups (broad SMARTS) is 1. The van der Waals surface area contributed by atoms with Gasteiger partial charge in [-0.25, -0.2) is 4.79 Å². The van der Waals surface area contributed by atoms with Gasteiger partial charge in [-0.15, -0.1) is 0 Å². The molecule has 0 aliphatic carbocycles. The van der Waals surface area contributed by atoms with E-state index in [-0.39, 0.29) is 17.2 Å². The number of carbonyl (C=O) groups is 2. The van der Waals surface area contributed by atoms with Gasteiger partial charge >= 0.3 is 5.97 Å². The lowest BCUT2D eigenvalue weighted by Crippen LogP contribution is -2.12. The van der Waals surface area contributed by atoms with Crippen molar-refractivity contribution in [1.29, 1.82) is 0 Å². The summed E-state index contributed by atoms with van der Waals surface area (Å²) >= 11 is 0. The van der Waals surface area contributed by atoms with Crippen LogP contribution < -0.4 is 5.32 Å². The number of hydrogen-bond acceptors (Lipinski definition) is 3. The van der Waals surface area contributed by atoms with E-state index in [2.05, 4.69) is 5.32 Å². The van der Waals surface area contributed by atoms with E-state index in [1.54, 1.807) is 37.3 Å². The van der Waals surface area contributed by atoms with Crippen molar-refractivity contribution >= 4 is 17.6 Å². The number of carboxylic acids is 1. The Morgan fingerprint density at radius 3 is 2.35 bits per heavy atom. The number of carbonyl (C=O) groups excluding carboxylic acids is 1. The van der Waals surface area contributed by atoms with Crippen molar-refractivity contribution in [1.82, 2.24) is 0 Å². The minimum Gasteiger partial charge on any atom is -0.507 e. The predicted octanol–water partition coefficient (Wildman–Crippen LogP) is 2.65. The van der Waals surface area contributed by atoms with Gasteiger partial charge in [-0.3, -0.25) is 4.79 Å². The first-order valence-corrected chi connectivity index (χ1v) is 5.92. The van der Waals surface area contributed by atoms with Crippen LogP contribution in [0.15, 0.2) is 42.5 Å². The van der Waals surface area contributed by atoms with Crippen LogP contribution in [0.4, 0.5) is 5.69 Å². The van der Waals surface area contributed by atoms with Gasteiger partial charge in [-0.2, -0.15) is 0 Å². The van der Waals surface area contributed by atoms with Crippen LogP contribution in [-0.4, -0.2) is 22.1 Å². The van der Waals surface area contributed by atoms with Crippen molar-refractivity contribution < 1.29 is 19.8 Å². The molecule has 0 aliphatic heterocycles. The Morgan fingerprint density at radius 2 is 1.75 bits per heavy atom. The summed E-state index contributed by atoms with van der Waals surface area (Å²) in [5.74, 6) is -1.89. The number of aromatic carboxylic acids is 1. The van der Waals surface area contributed by atoms with E-state index in [0.29, 0.717) is 16.8 Å². The molecule has 0 unspecified atom stereocenters. The molecule has 20 heavy (non-hydrogen) atoms. The molecule has 0 saturated heterocycles. The molecule has 5 heteroatoms. The van der Waals surface area contributed by atoms with Crippen LogP contribution in [0.25, 0.3) is 0 Å². The fourth-order valence-corrected chi connectivity index (χ4v) is 1.81. The zero-order valence-electron chi connectivity index (χ0n) is 10.8. The van der Waals surface area contributed by atoms with Crippen LogP contribution in [0.5, 0.6) is 5.75 Å². The lowest BCUT2D eigenvalue weighted by Gasteiger charge is -2.09. The number of aromatic hydroxyl groups is 1. The van der Waals surface area contributed by atoms with E-state index in [1.807, 2.05) is 0 Å². The fraction of sp³-hybridized carbons (Fsp3) is 0.0667.